The average Bonchev–Trinajstić information content (AvgIpc) is 2.19. The maximum Gasteiger partial charge on any atom is 0.195 e. The Morgan fingerprint density at radius 1 is 1.23 bits per heavy atom. The van der Waals surface area contributed by atoms with Crippen LogP contribution < -0.4 is 0 Å². The van der Waals surface area contributed by atoms with E-state index in [4.69, 9.17) is 0 Å². The van der Waals surface area contributed by atoms with Crippen molar-refractivity contribution in [3.63, 3.8) is 0 Å². The molecule has 1 aliphatic carbocycles. The van der Waals surface area contributed by atoms with Gasteiger partial charge in [-0.2, -0.15) is 0 Å². The Bertz CT molecular complexity index is 396. The second-order valence-electron chi connectivity index (χ2n) is 2.86. The summed E-state index contributed by atoms with van der Waals surface area (Å²) in [4.78, 5) is 21.8. The van der Waals surface area contributed by atoms with Crippen LogP contribution >= 0.6 is 0 Å². The number of fused-ring (bicyclic) bond motifs is 1. The smallest absolute Gasteiger partial charge is 0.195 e. The molecule has 64 valence electrons. The van der Waals surface area contributed by atoms with Gasteiger partial charge in [-0.25, -0.2) is 0 Å². The van der Waals surface area contributed by atoms with Crippen LogP contribution in [0.4, 0.5) is 0 Å². The van der Waals surface area contributed by atoms with Gasteiger partial charge in [0.2, 0.25) is 0 Å². The van der Waals surface area contributed by atoms with Crippen LogP contribution in [-0.2, 0) is 0 Å². The fourth-order valence-corrected chi connectivity index (χ4v) is 1.39. The molecule has 13 heavy (non-hydrogen) atoms. The van der Waals surface area contributed by atoms with E-state index in [1.807, 2.05) is 12.1 Å². The topological polar surface area (TPSA) is 46.5 Å². The van der Waals surface area contributed by atoms with Crippen molar-refractivity contribution in [2.24, 2.45) is 5.18 Å². The summed E-state index contributed by atoms with van der Waals surface area (Å²) in [5.74, 6) is -0.215. The second kappa shape index (κ2) is 2.94. The van der Waals surface area contributed by atoms with Gasteiger partial charge in [0.25, 0.3) is 0 Å². The van der Waals surface area contributed by atoms with E-state index in [9.17, 15) is 9.70 Å². The van der Waals surface area contributed by atoms with Crippen molar-refractivity contribution in [2.75, 3.05) is 0 Å². The third kappa shape index (κ3) is 1.18. The number of Topliss-reactive ketones (excluding diaryl/α,β-unsaturated/α-hetero) is 1. The molecule has 0 aliphatic heterocycles. The summed E-state index contributed by atoms with van der Waals surface area (Å²) >= 11 is 0. The van der Waals surface area contributed by atoms with E-state index in [1.165, 1.54) is 6.08 Å². The Labute approximate surface area is 75.1 Å². The average molecular weight is 173 g/mol. The summed E-state index contributed by atoms with van der Waals surface area (Å²) < 4.78 is 0. The van der Waals surface area contributed by atoms with Gasteiger partial charge in [0, 0.05) is 5.56 Å². The molecule has 0 spiro atoms. The van der Waals surface area contributed by atoms with Crippen LogP contribution in [-0.4, -0.2) is 11.8 Å². The van der Waals surface area contributed by atoms with Crippen molar-refractivity contribution in [1.82, 2.24) is 0 Å². The van der Waals surface area contributed by atoms with E-state index < -0.39 is 6.04 Å². The maximum atomic E-state index is 11.5. The first-order valence-corrected chi connectivity index (χ1v) is 3.97. The Hall–Kier alpha value is -1.77. The van der Waals surface area contributed by atoms with Crippen molar-refractivity contribution < 1.29 is 4.79 Å². The highest BCUT2D eigenvalue weighted by molar-refractivity contribution is 6.06. The van der Waals surface area contributed by atoms with Crippen LogP contribution in [0.5, 0.6) is 0 Å². The number of hydrogen-bond acceptors (Lipinski definition) is 3. The van der Waals surface area contributed by atoms with Gasteiger partial charge < -0.3 is 0 Å². The molecule has 1 atom stereocenters. The third-order valence-corrected chi connectivity index (χ3v) is 2.07. The highest BCUT2D eigenvalue weighted by Crippen LogP contribution is 2.20. The fraction of sp³-hybridized carbons (Fsp3) is 0.100. The van der Waals surface area contributed by atoms with Gasteiger partial charge in [0.1, 0.15) is 0 Å². The van der Waals surface area contributed by atoms with E-state index >= 15 is 0 Å². The summed E-state index contributed by atoms with van der Waals surface area (Å²) in [6.45, 7) is 0. The minimum atomic E-state index is -0.838. The molecule has 1 aromatic rings. The van der Waals surface area contributed by atoms with Gasteiger partial charge in [0.15, 0.2) is 11.8 Å². The van der Waals surface area contributed by atoms with Crippen LogP contribution in [0.3, 0.4) is 0 Å². The van der Waals surface area contributed by atoms with Crippen molar-refractivity contribution in [1.29, 1.82) is 0 Å². The van der Waals surface area contributed by atoms with Gasteiger partial charge in [-0.1, -0.05) is 35.5 Å². The van der Waals surface area contributed by atoms with Gasteiger partial charge in [-0.05, 0) is 11.6 Å². The molecule has 0 heterocycles. The third-order valence-electron chi connectivity index (χ3n) is 2.07. The lowest BCUT2D eigenvalue weighted by molar-refractivity contribution is 0.0977. The SMILES string of the molecule is O=N[C@@H]1C=Cc2ccccc2C1=O. The first-order valence-electron chi connectivity index (χ1n) is 3.97. The molecule has 0 N–H and O–H groups in total. The lowest BCUT2D eigenvalue weighted by Gasteiger charge is -2.11. The molecule has 3 nitrogen and oxygen atoms in total. The highest BCUT2D eigenvalue weighted by atomic mass is 16.3. The molecule has 2 rings (SSSR count). The number of rotatable bonds is 1. The molecule has 0 radical (unpaired) electrons. The van der Waals surface area contributed by atoms with Gasteiger partial charge in [-0.15, -0.1) is 4.91 Å². The Morgan fingerprint density at radius 3 is 2.77 bits per heavy atom. The maximum absolute atomic E-state index is 11.5. The van der Waals surface area contributed by atoms with Gasteiger partial charge >= 0.3 is 0 Å². The molecule has 1 aliphatic rings. The first kappa shape index (κ1) is 7.86. The monoisotopic (exact) mass is 173 g/mol. The molecule has 1 aromatic carbocycles. The van der Waals surface area contributed by atoms with E-state index in [-0.39, 0.29) is 5.78 Å². The molecule has 0 fully saturated rings. The molecule has 0 bridgehead atoms. The van der Waals surface area contributed by atoms with Crippen molar-refractivity contribution in [3.8, 4) is 0 Å². The summed E-state index contributed by atoms with van der Waals surface area (Å²) in [7, 11) is 0. The van der Waals surface area contributed by atoms with Crippen LogP contribution in [0, 0.1) is 4.91 Å². The minimum Gasteiger partial charge on any atom is -0.291 e. The van der Waals surface area contributed by atoms with E-state index in [0.717, 1.165) is 5.56 Å². The van der Waals surface area contributed by atoms with Crippen LogP contribution in [0.25, 0.3) is 6.08 Å². The van der Waals surface area contributed by atoms with E-state index in [2.05, 4.69) is 5.18 Å². The zero-order valence-electron chi connectivity index (χ0n) is 6.81. The molecule has 0 saturated heterocycles. The van der Waals surface area contributed by atoms with Crippen LogP contribution in [0.1, 0.15) is 15.9 Å². The quantitative estimate of drug-likeness (QED) is 0.610. The lowest BCUT2D eigenvalue weighted by atomic mass is 9.93. The predicted octanol–water partition coefficient (Wildman–Crippen LogP) is 2.03. The minimum absolute atomic E-state index is 0.215. The molecular formula is C10H7NO2. The zero-order chi connectivity index (χ0) is 9.26. The zero-order valence-corrected chi connectivity index (χ0v) is 6.81. The number of benzene rings is 1. The lowest BCUT2D eigenvalue weighted by Crippen LogP contribution is -2.19. The number of ketones is 1. The fourth-order valence-electron chi connectivity index (χ4n) is 1.39. The predicted molar refractivity (Wildman–Crippen MR) is 49.4 cm³/mol. The van der Waals surface area contributed by atoms with Crippen molar-refractivity contribution in [3.05, 3.63) is 46.4 Å². The summed E-state index contributed by atoms with van der Waals surface area (Å²) in [5.41, 5.74) is 1.43. The molecular weight excluding hydrogens is 166 g/mol. The molecule has 0 unspecified atom stereocenters. The number of hydrogen-bond donors (Lipinski definition) is 0. The Kier molecular flexibility index (Phi) is 1.77. The highest BCUT2D eigenvalue weighted by Gasteiger charge is 2.23. The molecule has 0 saturated carbocycles. The molecule has 0 aromatic heterocycles. The summed E-state index contributed by atoms with van der Waals surface area (Å²) in [5, 5.41) is 2.74. The van der Waals surface area contributed by atoms with Crippen LogP contribution in [0.15, 0.2) is 35.5 Å². The Morgan fingerprint density at radius 2 is 2.00 bits per heavy atom. The van der Waals surface area contributed by atoms with Gasteiger partial charge in [-0.3, -0.25) is 4.79 Å². The standard InChI is InChI=1S/C10H7NO2/c12-10-8-4-2-1-3-7(8)5-6-9(10)11-13/h1-6,9H/t9-/m1/s1. The van der Waals surface area contributed by atoms with Crippen molar-refractivity contribution in [2.45, 2.75) is 6.04 Å². The van der Waals surface area contributed by atoms with E-state index in [1.54, 1.807) is 18.2 Å². The largest absolute Gasteiger partial charge is 0.291 e. The number of nitroso groups, excluding NO2 is 1. The van der Waals surface area contributed by atoms with Gasteiger partial charge in [0.05, 0.1) is 0 Å². The summed E-state index contributed by atoms with van der Waals surface area (Å²) in [6.07, 6.45) is 3.28. The normalized spacial score (nSPS) is 19.7. The van der Waals surface area contributed by atoms with Crippen LogP contribution in [0.2, 0.25) is 0 Å². The molecule has 0 amide bonds. The summed E-state index contributed by atoms with van der Waals surface area (Å²) in [6, 6.07) is 6.34. The Balaban J connectivity index is 2.54. The first-order chi connectivity index (χ1) is 6.33. The molecule has 3 heteroatoms. The number of nitrogens with zero attached hydrogens (tertiary/aromatic N) is 1. The number of carbonyl (C=O) groups excluding carboxylic acids is 1. The number of carbonyl (C=O) groups is 1. The second-order valence-corrected chi connectivity index (χ2v) is 2.86. The van der Waals surface area contributed by atoms with Crippen molar-refractivity contribution >= 4 is 11.9 Å². The van der Waals surface area contributed by atoms with E-state index in [0.29, 0.717) is 5.56 Å².